The summed E-state index contributed by atoms with van der Waals surface area (Å²) in [6.07, 6.45) is 1.84. The van der Waals surface area contributed by atoms with Gasteiger partial charge in [-0.3, -0.25) is 0 Å². The fourth-order valence-corrected chi connectivity index (χ4v) is 1.55. The zero-order valence-corrected chi connectivity index (χ0v) is 9.82. The number of hydrogen-bond acceptors (Lipinski definition) is 3. The quantitative estimate of drug-likeness (QED) is 0.655. The van der Waals surface area contributed by atoms with Crippen LogP contribution in [0.4, 0.5) is 0 Å². The first-order valence-corrected chi connectivity index (χ1v) is 5.79. The maximum atomic E-state index is 8.90. The molecular formula is C13H21NO2. The second kappa shape index (κ2) is 7.39. The molecule has 16 heavy (non-hydrogen) atoms. The molecule has 3 heteroatoms. The van der Waals surface area contributed by atoms with Crippen molar-refractivity contribution in [1.29, 1.82) is 0 Å². The Morgan fingerprint density at radius 1 is 1.12 bits per heavy atom. The maximum absolute atomic E-state index is 8.90. The molecule has 3 nitrogen and oxygen atoms in total. The van der Waals surface area contributed by atoms with Gasteiger partial charge in [0, 0.05) is 19.2 Å². The molecular weight excluding hydrogens is 202 g/mol. The summed E-state index contributed by atoms with van der Waals surface area (Å²) >= 11 is 0. The van der Waals surface area contributed by atoms with Crippen molar-refractivity contribution in [3.63, 3.8) is 0 Å². The van der Waals surface area contributed by atoms with Gasteiger partial charge in [-0.15, -0.1) is 0 Å². The number of hydrogen-bond donors (Lipinski definition) is 3. The normalized spacial score (nSPS) is 12.7. The van der Waals surface area contributed by atoms with E-state index in [9.17, 15) is 0 Å². The SMILES string of the molecule is CC(CCCO)NCc1ccc(CO)cc1. The first-order valence-electron chi connectivity index (χ1n) is 5.79. The van der Waals surface area contributed by atoms with Crippen LogP contribution in [0.5, 0.6) is 0 Å². The number of aliphatic hydroxyl groups excluding tert-OH is 2. The molecule has 90 valence electrons. The van der Waals surface area contributed by atoms with Crippen molar-refractivity contribution in [3.8, 4) is 0 Å². The standard InChI is InChI=1S/C13H21NO2/c1-11(3-2-8-15)14-9-12-4-6-13(10-16)7-5-12/h4-7,11,14-16H,2-3,8-10H2,1H3. The Bertz CT molecular complexity index is 284. The van der Waals surface area contributed by atoms with E-state index in [-0.39, 0.29) is 13.2 Å². The van der Waals surface area contributed by atoms with E-state index in [1.54, 1.807) is 0 Å². The molecule has 1 atom stereocenters. The average Bonchev–Trinajstić information content (AvgIpc) is 2.34. The average molecular weight is 223 g/mol. The molecule has 0 aliphatic heterocycles. The van der Waals surface area contributed by atoms with E-state index in [0.29, 0.717) is 6.04 Å². The Morgan fingerprint density at radius 3 is 2.31 bits per heavy atom. The van der Waals surface area contributed by atoms with Crippen LogP contribution < -0.4 is 5.32 Å². The van der Waals surface area contributed by atoms with Crippen molar-refractivity contribution in [2.45, 2.75) is 39.0 Å². The van der Waals surface area contributed by atoms with Gasteiger partial charge in [-0.1, -0.05) is 24.3 Å². The largest absolute Gasteiger partial charge is 0.396 e. The Balaban J connectivity index is 2.30. The predicted octanol–water partition coefficient (Wildman–Crippen LogP) is 1.43. The number of aliphatic hydroxyl groups is 2. The van der Waals surface area contributed by atoms with E-state index < -0.39 is 0 Å². The molecule has 0 aliphatic carbocycles. The molecule has 0 amide bonds. The zero-order chi connectivity index (χ0) is 11.8. The van der Waals surface area contributed by atoms with Gasteiger partial charge in [-0.2, -0.15) is 0 Å². The predicted molar refractivity (Wildman–Crippen MR) is 65.0 cm³/mol. The Morgan fingerprint density at radius 2 is 1.75 bits per heavy atom. The topological polar surface area (TPSA) is 52.5 Å². The molecule has 1 unspecified atom stereocenters. The zero-order valence-electron chi connectivity index (χ0n) is 9.82. The first-order chi connectivity index (χ1) is 7.76. The molecule has 0 heterocycles. The summed E-state index contributed by atoms with van der Waals surface area (Å²) in [5.41, 5.74) is 2.16. The third kappa shape index (κ3) is 4.75. The van der Waals surface area contributed by atoms with E-state index >= 15 is 0 Å². The molecule has 1 rings (SSSR count). The third-order valence-corrected chi connectivity index (χ3v) is 2.66. The van der Waals surface area contributed by atoms with Crippen LogP contribution in [0.25, 0.3) is 0 Å². The van der Waals surface area contributed by atoms with E-state index in [4.69, 9.17) is 10.2 Å². The van der Waals surface area contributed by atoms with Crippen LogP contribution in [0.2, 0.25) is 0 Å². The maximum Gasteiger partial charge on any atom is 0.0681 e. The van der Waals surface area contributed by atoms with Gasteiger partial charge in [0.25, 0.3) is 0 Å². The Labute approximate surface area is 97.1 Å². The number of rotatable bonds is 7. The molecule has 0 saturated heterocycles. The molecule has 0 bridgehead atoms. The molecule has 0 saturated carbocycles. The molecule has 0 spiro atoms. The summed E-state index contributed by atoms with van der Waals surface area (Å²) in [7, 11) is 0. The van der Waals surface area contributed by atoms with Gasteiger partial charge in [-0.25, -0.2) is 0 Å². The summed E-state index contributed by atoms with van der Waals surface area (Å²) in [5, 5.41) is 21.0. The number of benzene rings is 1. The van der Waals surface area contributed by atoms with Crippen LogP contribution in [0, 0.1) is 0 Å². The van der Waals surface area contributed by atoms with Crippen molar-refractivity contribution in [2.24, 2.45) is 0 Å². The lowest BCUT2D eigenvalue weighted by Crippen LogP contribution is -2.25. The highest BCUT2D eigenvalue weighted by Crippen LogP contribution is 2.05. The van der Waals surface area contributed by atoms with Crippen molar-refractivity contribution >= 4 is 0 Å². The van der Waals surface area contributed by atoms with E-state index in [1.807, 2.05) is 24.3 Å². The minimum atomic E-state index is 0.0978. The van der Waals surface area contributed by atoms with Gasteiger partial charge in [0.15, 0.2) is 0 Å². The fourth-order valence-electron chi connectivity index (χ4n) is 1.55. The second-order valence-electron chi connectivity index (χ2n) is 4.12. The summed E-state index contributed by atoms with van der Waals surface area (Å²) in [6.45, 7) is 3.31. The van der Waals surface area contributed by atoms with Gasteiger partial charge >= 0.3 is 0 Å². The molecule has 0 aliphatic rings. The molecule has 1 aromatic carbocycles. The van der Waals surface area contributed by atoms with Gasteiger partial charge in [-0.05, 0) is 30.9 Å². The summed E-state index contributed by atoms with van der Waals surface area (Å²) in [5.74, 6) is 0. The highest BCUT2D eigenvalue weighted by molar-refractivity contribution is 5.21. The van der Waals surface area contributed by atoms with E-state index in [1.165, 1.54) is 5.56 Å². The van der Waals surface area contributed by atoms with Crippen molar-refractivity contribution < 1.29 is 10.2 Å². The van der Waals surface area contributed by atoms with E-state index in [2.05, 4.69) is 12.2 Å². The third-order valence-electron chi connectivity index (χ3n) is 2.66. The lowest BCUT2D eigenvalue weighted by atomic mass is 10.1. The fraction of sp³-hybridized carbons (Fsp3) is 0.538. The van der Waals surface area contributed by atoms with Gasteiger partial charge in [0.05, 0.1) is 6.61 Å². The summed E-state index contributed by atoms with van der Waals surface area (Å²) in [4.78, 5) is 0. The minimum absolute atomic E-state index is 0.0978. The second-order valence-corrected chi connectivity index (χ2v) is 4.12. The van der Waals surface area contributed by atoms with Crippen molar-refractivity contribution in [1.82, 2.24) is 5.32 Å². The molecule has 3 N–H and O–H groups in total. The summed E-state index contributed by atoms with van der Waals surface area (Å²) < 4.78 is 0. The van der Waals surface area contributed by atoms with Crippen LogP contribution >= 0.6 is 0 Å². The Kier molecular flexibility index (Phi) is 6.08. The Hall–Kier alpha value is -0.900. The van der Waals surface area contributed by atoms with Crippen molar-refractivity contribution in [3.05, 3.63) is 35.4 Å². The highest BCUT2D eigenvalue weighted by atomic mass is 16.3. The smallest absolute Gasteiger partial charge is 0.0681 e. The van der Waals surface area contributed by atoms with Crippen molar-refractivity contribution in [2.75, 3.05) is 6.61 Å². The highest BCUT2D eigenvalue weighted by Gasteiger charge is 2.00. The molecule has 1 aromatic rings. The first kappa shape index (κ1) is 13.2. The monoisotopic (exact) mass is 223 g/mol. The lowest BCUT2D eigenvalue weighted by molar-refractivity contribution is 0.276. The van der Waals surface area contributed by atoms with Crippen LogP contribution in [0.1, 0.15) is 30.9 Å². The number of nitrogens with one attached hydrogen (secondary N) is 1. The molecule has 0 radical (unpaired) electrons. The van der Waals surface area contributed by atoms with Gasteiger partial charge in [0.2, 0.25) is 0 Å². The van der Waals surface area contributed by atoms with Gasteiger partial charge in [0.1, 0.15) is 0 Å². The van der Waals surface area contributed by atoms with Crippen LogP contribution in [0.15, 0.2) is 24.3 Å². The van der Waals surface area contributed by atoms with Crippen LogP contribution in [-0.2, 0) is 13.2 Å². The van der Waals surface area contributed by atoms with E-state index in [0.717, 1.165) is 24.9 Å². The van der Waals surface area contributed by atoms with Crippen LogP contribution in [0.3, 0.4) is 0 Å². The molecule has 0 fully saturated rings. The minimum Gasteiger partial charge on any atom is -0.396 e. The lowest BCUT2D eigenvalue weighted by Gasteiger charge is -2.13. The van der Waals surface area contributed by atoms with Gasteiger partial charge < -0.3 is 15.5 Å². The van der Waals surface area contributed by atoms with Crippen LogP contribution in [-0.4, -0.2) is 22.9 Å². The molecule has 0 aromatic heterocycles. The summed E-state index contributed by atoms with van der Waals surface area (Å²) in [6, 6.07) is 8.35.